The molecular formula is C13H18N4O3S. The molecule has 1 unspecified atom stereocenters. The summed E-state index contributed by atoms with van der Waals surface area (Å²) in [4.78, 5) is 15.1. The van der Waals surface area contributed by atoms with Gasteiger partial charge in [-0.25, -0.2) is 4.98 Å². The molecule has 1 atom stereocenters. The molecule has 0 saturated carbocycles. The molecule has 1 aromatic carbocycles. The van der Waals surface area contributed by atoms with Crippen LogP contribution in [-0.4, -0.2) is 40.8 Å². The van der Waals surface area contributed by atoms with E-state index in [0.717, 1.165) is 15.2 Å². The maximum Gasteiger partial charge on any atom is 0.293 e. The van der Waals surface area contributed by atoms with Crippen LogP contribution in [0.4, 0.5) is 11.4 Å². The van der Waals surface area contributed by atoms with Crippen molar-refractivity contribution in [3.05, 3.63) is 27.3 Å². The van der Waals surface area contributed by atoms with E-state index >= 15 is 0 Å². The molecule has 7 nitrogen and oxygen atoms in total. The van der Waals surface area contributed by atoms with Crippen molar-refractivity contribution in [2.45, 2.75) is 20.0 Å². The Morgan fingerprint density at radius 3 is 2.90 bits per heavy atom. The van der Waals surface area contributed by atoms with Gasteiger partial charge >= 0.3 is 0 Å². The third-order valence-electron chi connectivity index (χ3n) is 2.87. The molecule has 3 N–H and O–H groups in total. The fourth-order valence-corrected chi connectivity index (χ4v) is 2.81. The maximum atomic E-state index is 11.2. The number of aliphatic hydroxyl groups excluding tert-OH is 1. The second kappa shape index (κ2) is 6.79. The third-order valence-corrected chi connectivity index (χ3v) is 3.80. The molecule has 0 saturated heterocycles. The monoisotopic (exact) mass is 310 g/mol. The highest BCUT2D eigenvalue weighted by Crippen LogP contribution is 2.32. The summed E-state index contributed by atoms with van der Waals surface area (Å²) < 4.78 is 0.817. The van der Waals surface area contributed by atoms with Crippen molar-refractivity contribution in [1.29, 1.82) is 0 Å². The summed E-state index contributed by atoms with van der Waals surface area (Å²) in [5.41, 5.74) is 1.29. The third kappa shape index (κ3) is 4.10. The molecule has 0 aliphatic heterocycles. The van der Waals surface area contributed by atoms with E-state index in [2.05, 4.69) is 15.6 Å². The number of fused-ring (bicyclic) bond motifs is 1. The molecule has 2 aromatic rings. The van der Waals surface area contributed by atoms with E-state index in [0.29, 0.717) is 25.3 Å². The molecule has 0 aliphatic rings. The zero-order valence-electron chi connectivity index (χ0n) is 11.9. The summed E-state index contributed by atoms with van der Waals surface area (Å²) in [7, 11) is 0. The summed E-state index contributed by atoms with van der Waals surface area (Å²) in [6.45, 7) is 5.21. The zero-order valence-corrected chi connectivity index (χ0v) is 12.7. The highest BCUT2D eigenvalue weighted by Gasteiger charge is 2.16. The molecule has 114 valence electrons. The van der Waals surface area contributed by atoms with Gasteiger partial charge in [-0.1, -0.05) is 0 Å². The summed E-state index contributed by atoms with van der Waals surface area (Å²) in [6, 6.07) is 3.27. The van der Waals surface area contributed by atoms with Crippen molar-refractivity contribution in [3.8, 4) is 0 Å². The Hall–Kier alpha value is -1.77. The summed E-state index contributed by atoms with van der Waals surface area (Å²) >= 11 is 1.44. The fraction of sp³-hybridized carbons (Fsp3) is 0.462. The van der Waals surface area contributed by atoms with Crippen LogP contribution in [0.5, 0.6) is 0 Å². The van der Waals surface area contributed by atoms with Crippen molar-refractivity contribution in [1.82, 2.24) is 10.3 Å². The number of nitrogens with zero attached hydrogens (tertiary/aromatic N) is 2. The smallest absolute Gasteiger partial charge is 0.293 e. The summed E-state index contributed by atoms with van der Waals surface area (Å²) in [5, 5.41) is 27.3. The van der Waals surface area contributed by atoms with Gasteiger partial charge in [0.05, 0.1) is 26.3 Å². The minimum Gasteiger partial charge on any atom is -0.392 e. The van der Waals surface area contributed by atoms with Crippen LogP contribution in [0, 0.1) is 17.0 Å². The Labute approximate surface area is 126 Å². The number of rotatable bonds is 7. The lowest BCUT2D eigenvalue weighted by Gasteiger charge is -2.09. The Balaban J connectivity index is 2.09. The maximum absolute atomic E-state index is 11.2. The number of nitrogens with one attached hydrogen (secondary N) is 2. The van der Waals surface area contributed by atoms with Crippen molar-refractivity contribution >= 4 is 32.9 Å². The van der Waals surface area contributed by atoms with Gasteiger partial charge in [0.25, 0.3) is 5.69 Å². The van der Waals surface area contributed by atoms with E-state index in [1.807, 2.05) is 6.92 Å². The Morgan fingerprint density at radius 2 is 2.24 bits per heavy atom. The molecule has 21 heavy (non-hydrogen) atoms. The van der Waals surface area contributed by atoms with Gasteiger partial charge in [0.15, 0.2) is 0 Å². The molecule has 0 amide bonds. The van der Waals surface area contributed by atoms with E-state index < -0.39 is 6.10 Å². The molecule has 8 heteroatoms. The second-order valence-electron chi connectivity index (χ2n) is 4.81. The van der Waals surface area contributed by atoms with Crippen LogP contribution in [0.15, 0.2) is 12.1 Å². The highest BCUT2D eigenvalue weighted by molar-refractivity contribution is 7.18. The molecule has 0 spiro atoms. The quantitative estimate of drug-likeness (QED) is 0.410. The van der Waals surface area contributed by atoms with Crippen LogP contribution in [0.3, 0.4) is 0 Å². The number of nitro benzene ring substituents is 1. The zero-order chi connectivity index (χ0) is 15.4. The van der Waals surface area contributed by atoms with E-state index in [4.69, 9.17) is 5.11 Å². The molecule has 0 fully saturated rings. The van der Waals surface area contributed by atoms with Gasteiger partial charge in [-0.15, -0.1) is 11.3 Å². The SMILES string of the molecule is Cc1nc2cc(NCCNCC(C)O)c([N+](=O)[O-])cc2s1. The Bertz CT molecular complexity index is 642. The van der Waals surface area contributed by atoms with Gasteiger partial charge in [-0.3, -0.25) is 10.1 Å². The van der Waals surface area contributed by atoms with Crippen LogP contribution >= 0.6 is 11.3 Å². The molecule has 0 radical (unpaired) electrons. The fourth-order valence-electron chi connectivity index (χ4n) is 1.97. The predicted octanol–water partition coefficient (Wildman–Crippen LogP) is 1.90. The van der Waals surface area contributed by atoms with Crippen molar-refractivity contribution in [2.75, 3.05) is 25.0 Å². The first kappa shape index (κ1) is 15.6. The van der Waals surface area contributed by atoms with Crippen molar-refractivity contribution in [2.24, 2.45) is 0 Å². The number of thiazole rings is 1. The molecule has 1 heterocycles. The number of aliphatic hydroxyl groups is 1. The number of aromatic nitrogens is 1. The number of nitro groups is 1. The van der Waals surface area contributed by atoms with E-state index in [1.54, 1.807) is 19.1 Å². The van der Waals surface area contributed by atoms with Crippen LogP contribution < -0.4 is 10.6 Å². The highest BCUT2D eigenvalue weighted by atomic mass is 32.1. The van der Waals surface area contributed by atoms with Gasteiger partial charge in [0, 0.05) is 25.7 Å². The second-order valence-corrected chi connectivity index (χ2v) is 6.04. The minimum atomic E-state index is -0.409. The first-order valence-corrected chi connectivity index (χ1v) is 7.47. The van der Waals surface area contributed by atoms with Crippen molar-refractivity contribution in [3.63, 3.8) is 0 Å². The van der Waals surface area contributed by atoms with Gasteiger partial charge < -0.3 is 15.7 Å². The van der Waals surface area contributed by atoms with Gasteiger partial charge in [0.1, 0.15) is 5.69 Å². The van der Waals surface area contributed by atoms with Crippen LogP contribution in [0.1, 0.15) is 11.9 Å². The first-order chi connectivity index (χ1) is 9.97. The largest absolute Gasteiger partial charge is 0.392 e. The lowest BCUT2D eigenvalue weighted by molar-refractivity contribution is -0.383. The lowest BCUT2D eigenvalue weighted by atomic mass is 10.2. The average molecular weight is 310 g/mol. The van der Waals surface area contributed by atoms with Gasteiger partial charge in [-0.05, 0) is 19.9 Å². The topological polar surface area (TPSA) is 100 Å². The molecule has 2 rings (SSSR count). The van der Waals surface area contributed by atoms with Crippen LogP contribution in [0.2, 0.25) is 0 Å². The van der Waals surface area contributed by atoms with Gasteiger partial charge in [0.2, 0.25) is 0 Å². The Morgan fingerprint density at radius 1 is 1.48 bits per heavy atom. The summed E-state index contributed by atoms with van der Waals surface area (Å²) in [5.74, 6) is 0. The molecule has 0 aliphatic carbocycles. The van der Waals surface area contributed by atoms with Gasteiger partial charge in [-0.2, -0.15) is 0 Å². The predicted molar refractivity (Wildman–Crippen MR) is 84.1 cm³/mol. The molecule has 0 bridgehead atoms. The number of hydrogen-bond donors (Lipinski definition) is 3. The van der Waals surface area contributed by atoms with E-state index in [9.17, 15) is 10.1 Å². The number of hydrogen-bond acceptors (Lipinski definition) is 7. The molecular weight excluding hydrogens is 292 g/mol. The Kier molecular flexibility index (Phi) is 5.05. The number of aryl methyl sites for hydroxylation is 1. The van der Waals surface area contributed by atoms with E-state index in [1.165, 1.54) is 11.3 Å². The standard InChI is InChI=1S/C13H18N4O3S/c1-8(18)7-14-3-4-15-10-5-11-13(21-9(2)16-11)6-12(10)17(19)20/h5-6,8,14-15,18H,3-4,7H2,1-2H3. The summed E-state index contributed by atoms with van der Waals surface area (Å²) in [6.07, 6.45) is -0.409. The van der Waals surface area contributed by atoms with Crippen LogP contribution in [0.25, 0.3) is 10.2 Å². The lowest BCUT2D eigenvalue weighted by Crippen LogP contribution is -2.29. The van der Waals surface area contributed by atoms with E-state index in [-0.39, 0.29) is 10.6 Å². The number of anilines is 1. The van der Waals surface area contributed by atoms with Crippen LogP contribution in [-0.2, 0) is 0 Å². The first-order valence-electron chi connectivity index (χ1n) is 6.65. The molecule has 1 aromatic heterocycles. The number of benzene rings is 1. The van der Waals surface area contributed by atoms with Crippen molar-refractivity contribution < 1.29 is 10.0 Å². The normalized spacial score (nSPS) is 12.5. The minimum absolute atomic E-state index is 0.0571. The average Bonchev–Trinajstić information content (AvgIpc) is 2.75.